The van der Waals surface area contributed by atoms with Crippen molar-refractivity contribution in [3.8, 4) is 0 Å². The molecule has 0 aromatic heterocycles. The number of halogens is 2. The van der Waals surface area contributed by atoms with E-state index in [0.29, 0.717) is 18.6 Å². The second kappa shape index (κ2) is 5.99. The highest BCUT2D eigenvalue weighted by atomic mass is 79.9. The molecule has 1 aromatic carbocycles. The lowest BCUT2D eigenvalue weighted by Gasteiger charge is -2.11. The van der Waals surface area contributed by atoms with Crippen LogP contribution in [0.4, 0.5) is 4.39 Å². The molecule has 0 saturated heterocycles. The molecule has 0 fully saturated rings. The first kappa shape index (κ1) is 13.2. The molecule has 1 atom stereocenters. The molecule has 1 rings (SSSR count). The third-order valence-corrected chi connectivity index (χ3v) is 2.98. The summed E-state index contributed by atoms with van der Waals surface area (Å²) >= 11 is 3.21. The van der Waals surface area contributed by atoms with E-state index in [1.54, 1.807) is 13.0 Å². The van der Waals surface area contributed by atoms with Gasteiger partial charge in [-0.2, -0.15) is 0 Å². The summed E-state index contributed by atoms with van der Waals surface area (Å²) in [5.41, 5.74) is 1.39. The molecule has 88 valence electrons. The summed E-state index contributed by atoms with van der Waals surface area (Å²) in [6.45, 7) is 3.90. The largest absolute Gasteiger partial charge is 0.465 e. The first-order valence-corrected chi connectivity index (χ1v) is 6.02. The summed E-state index contributed by atoms with van der Waals surface area (Å²) in [7, 11) is 0. The van der Waals surface area contributed by atoms with Crippen LogP contribution in [0.1, 0.15) is 18.1 Å². The van der Waals surface area contributed by atoms with Crippen molar-refractivity contribution >= 4 is 21.9 Å². The summed E-state index contributed by atoms with van der Waals surface area (Å²) in [5, 5.41) is 0. The summed E-state index contributed by atoms with van der Waals surface area (Å²) in [6.07, 6.45) is 0.303. The van der Waals surface area contributed by atoms with Gasteiger partial charge in [0.2, 0.25) is 0 Å². The monoisotopic (exact) mass is 288 g/mol. The van der Waals surface area contributed by atoms with Crippen LogP contribution in [0.2, 0.25) is 0 Å². The topological polar surface area (TPSA) is 26.3 Å². The van der Waals surface area contributed by atoms with Gasteiger partial charge in [0.05, 0.1) is 6.61 Å². The van der Waals surface area contributed by atoms with Crippen LogP contribution in [0, 0.1) is 12.7 Å². The molecule has 4 heteroatoms. The fraction of sp³-hybridized carbons (Fsp3) is 0.417. The quantitative estimate of drug-likeness (QED) is 0.629. The van der Waals surface area contributed by atoms with Gasteiger partial charge in [0.1, 0.15) is 10.6 Å². The number of hydrogen-bond donors (Lipinski definition) is 0. The summed E-state index contributed by atoms with van der Waals surface area (Å²) < 4.78 is 18.3. The van der Waals surface area contributed by atoms with Gasteiger partial charge in [-0.1, -0.05) is 28.1 Å². The minimum Gasteiger partial charge on any atom is -0.465 e. The lowest BCUT2D eigenvalue weighted by Crippen LogP contribution is -2.20. The molecule has 0 aliphatic carbocycles. The Balaban J connectivity index is 2.76. The Labute approximate surface area is 103 Å². The van der Waals surface area contributed by atoms with Crippen molar-refractivity contribution < 1.29 is 13.9 Å². The Morgan fingerprint density at radius 2 is 2.25 bits per heavy atom. The molecule has 0 radical (unpaired) electrons. The minimum absolute atomic E-state index is 0.284. The molecule has 0 aliphatic rings. The molecule has 0 bridgehead atoms. The highest BCUT2D eigenvalue weighted by Crippen LogP contribution is 2.18. The average Bonchev–Trinajstić information content (AvgIpc) is 2.23. The molecule has 0 N–H and O–H groups in total. The van der Waals surface area contributed by atoms with Gasteiger partial charge in [-0.25, -0.2) is 4.39 Å². The van der Waals surface area contributed by atoms with E-state index in [-0.39, 0.29) is 11.8 Å². The second-order valence-corrected chi connectivity index (χ2v) is 4.56. The zero-order chi connectivity index (χ0) is 12.1. The molecule has 2 nitrogen and oxygen atoms in total. The van der Waals surface area contributed by atoms with Gasteiger partial charge in [-0.05, 0) is 37.5 Å². The lowest BCUT2D eigenvalue weighted by atomic mass is 10.0. The molecule has 0 amide bonds. The van der Waals surface area contributed by atoms with E-state index in [1.807, 2.05) is 13.0 Å². The van der Waals surface area contributed by atoms with Crippen molar-refractivity contribution in [1.29, 1.82) is 0 Å². The summed E-state index contributed by atoms with van der Waals surface area (Å²) in [4.78, 5) is 10.9. The van der Waals surface area contributed by atoms with E-state index in [9.17, 15) is 9.18 Å². The molecule has 0 heterocycles. The van der Waals surface area contributed by atoms with Gasteiger partial charge < -0.3 is 4.74 Å². The van der Waals surface area contributed by atoms with Gasteiger partial charge >= 0.3 is 5.97 Å². The number of hydrogen-bond acceptors (Lipinski definition) is 2. The highest BCUT2D eigenvalue weighted by Gasteiger charge is 2.19. The van der Waals surface area contributed by atoms with Crippen molar-refractivity contribution in [2.75, 3.05) is 6.61 Å². The predicted octanol–water partition coefficient (Wildman–Crippen LogP) is 3.00. The number of aryl methyl sites for hydroxylation is 1. The van der Waals surface area contributed by atoms with Crippen LogP contribution in [0.3, 0.4) is 0 Å². The molecular weight excluding hydrogens is 275 g/mol. The molecule has 0 aliphatic heterocycles. The Morgan fingerprint density at radius 1 is 1.56 bits per heavy atom. The average molecular weight is 289 g/mol. The van der Waals surface area contributed by atoms with Crippen LogP contribution in [-0.4, -0.2) is 17.4 Å². The SMILES string of the molecule is CCOC(=O)C(Br)Cc1c(C)cccc1F. The van der Waals surface area contributed by atoms with E-state index >= 15 is 0 Å². The minimum atomic E-state index is -0.497. The first-order valence-electron chi connectivity index (χ1n) is 5.11. The van der Waals surface area contributed by atoms with Crippen LogP contribution < -0.4 is 0 Å². The third-order valence-electron chi connectivity index (χ3n) is 2.28. The number of carbonyl (C=O) groups excluding carboxylic acids is 1. The molecule has 1 unspecified atom stereocenters. The fourth-order valence-electron chi connectivity index (χ4n) is 1.42. The van der Waals surface area contributed by atoms with Crippen LogP contribution in [0.15, 0.2) is 18.2 Å². The van der Waals surface area contributed by atoms with Crippen molar-refractivity contribution in [2.45, 2.75) is 25.1 Å². The number of ether oxygens (including phenoxy) is 1. The van der Waals surface area contributed by atoms with E-state index in [1.165, 1.54) is 6.07 Å². The van der Waals surface area contributed by atoms with Gasteiger partial charge in [-0.3, -0.25) is 4.79 Å². The number of benzene rings is 1. The Hall–Kier alpha value is -0.900. The maximum atomic E-state index is 13.5. The summed E-state index contributed by atoms with van der Waals surface area (Å²) in [6, 6.07) is 4.87. The predicted molar refractivity (Wildman–Crippen MR) is 64.2 cm³/mol. The van der Waals surface area contributed by atoms with Gasteiger partial charge in [0.25, 0.3) is 0 Å². The van der Waals surface area contributed by atoms with Crippen LogP contribution in [-0.2, 0) is 16.0 Å². The van der Waals surface area contributed by atoms with Gasteiger partial charge in [-0.15, -0.1) is 0 Å². The van der Waals surface area contributed by atoms with Crippen LogP contribution in [0.5, 0.6) is 0 Å². The number of rotatable bonds is 4. The van der Waals surface area contributed by atoms with Crippen molar-refractivity contribution in [1.82, 2.24) is 0 Å². The maximum Gasteiger partial charge on any atom is 0.320 e. The molecular formula is C12H14BrFO2. The van der Waals surface area contributed by atoms with Crippen LogP contribution >= 0.6 is 15.9 Å². The first-order chi connectivity index (χ1) is 7.56. The van der Waals surface area contributed by atoms with Crippen molar-refractivity contribution in [3.05, 3.63) is 35.1 Å². The Kier molecular flexibility index (Phi) is 4.93. The smallest absolute Gasteiger partial charge is 0.320 e. The van der Waals surface area contributed by atoms with E-state index < -0.39 is 4.83 Å². The zero-order valence-electron chi connectivity index (χ0n) is 9.30. The molecule has 0 saturated carbocycles. The van der Waals surface area contributed by atoms with Crippen molar-refractivity contribution in [2.24, 2.45) is 0 Å². The van der Waals surface area contributed by atoms with E-state index in [2.05, 4.69) is 15.9 Å². The normalized spacial score (nSPS) is 12.2. The molecule has 0 spiro atoms. The van der Waals surface area contributed by atoms with E-state index in [4.69, 9.17) is 4.74 Å². The highest BCUT2D eigenvalue weighted by molar-refractivity contribution is 9.10. The Morgan fingerprint density at radius 3 is 2.81 bits per heavy atom. The van der Waals surface area contributed by atoms with Gasteiger partial charge in [0.15, 0.2) is 0 Å². The molecule has 1 aromatic rings. The van der Waals surface area contributed by atoms with Crippen molar-refractivity contribution in [3.63, 3.8) is 0 Å². The maximum absolute atomic E-state index is 13.5. The van der Waals surface area contributed by atoms with E-state index in [0.717, 1.165) is 5.56 Å². The number of alkyl halides is 1. The molecule has 16 heavy (non-hydrogen) atoms. The second-order valence-electron chi connectivity index (χ2n) is 3.46. The Bertz CT molecular complexity index is 359. The van der Waals surface area contributed by atoms with Gasteiger partial charge in [0, 0.05) is 0 Å². The fourth-order valence-corrected chi connectivity index (χ4v) is 1.88. The number of carbonyl (C=O) groups is 1. The zero-order valence-corrected chi connectivity index (χ0v) is 10.9. The van der Waals surface area contributed by atoms with Crippen LogP contribution in [0.25, 0.3) is 0 Å². The number of esters is 1. The third kappa shape index (κ3) is 3.30. The summed E-state index contributed by atoms with van der Waals surface area (Å²) in [5.74, 6) is -0.640. The lowest BCUT2D eigenvalue weighted by molar-refractivity contribution is -0.142. The standard InChI is InChI=1S/C12H14BrFO2/c1-3-16-12(15)10(13)7-9-8(2)5-4-6-11(9)14/h4-6,10H,3,7H2,1-2H3.